The maximum absolute atomic E-state index is 3.67. The number of aryl methyl sites for hydroxylation is 3. The summed E-state index contributed by atoms with van der Waals surface area (Å²) in [6.07, 6.45) is 4.26. The van der Waals surface area contributed by atoms with Gasteiger partial charge in [-0.15, -0.1) is 0 Å². The summed E-state index contributed by atoms with van der Waals surface area (Å²) in [7, 11) is 0. The van der Waals surface area contributed by atoms with Crippen LogP contribution in [-0.2, 0) is 6.54 Å². The van der Waals surface area contributed by atoms with E-state index >= 15 is 0 Å². The molecule has 0 bridgehead atoms. The van der Waals surface area contributed by atoms with E-state index in [1.54, 1.807) is 0 Å². The lowest BCUT2D eigenvalue weighted by Crippen LogP contribution is -2.26. The SMILES string of the molecule is Cc1cc(C)c(CNC(C)CC2CC2)c(C)c1. The second-order valence-electron chi connectivity index (χ2n) is 5.84. The monoisotopic (exact) mass is 231 g/mol. The summed E-state index contributed by atoms with van der Waals surface area (Å²) in [5, 5.41) is 3.67. The molecule has 0 radical (unpaired) electrons. The van der Waals surface area contributed by atoms with Crippen molar-refractivity contribution in [1.29, 1.82) is 0 Å². The molecule has 2 rings (SSSR count). The Balaban J connectivity index is 1.93. The molecule has 17 heavy (non-hydrogen) atoms. The number of rotatable bonds is 5. The predicted molar refractivity (Wildman–Crippen MR) is 74.3 cm³/mol. The van der Waals surface area contributed by atoms with Crippen molar-refractivity contribution in [3.8, 4) is 0 Å². The first kappa shape index (κ1) is 12.6. The van der Waals surface area contributed by atoms with Gasteiger partial charge in [0.1, 0.15) is 0 Å². The second-order valence-corrected chi connectivity index (χ2v) is 5.84. The molecule has 1 nitrogen and oxygen atoms in total. The van der Waals surface area contributed by atoms with E-state index in [-0.39, 0.29) is 0 Å². The summed E-state index contributed by atoms with van der Waals surface area (Å²) in [6.45, 7) is 9.96. The van der Waals surface area contributed by atoms with Crippen LogP contribution in [0.15, 0.2) is 12.1 Å². The molecular weight excluding hydrogens is 206 g/mol. The molecule has 1 N–H and O–H groups in total. The van der Waals surface area contributed by atoms with Crippen LogP contribution in [0, 0.1) is 26.7 Å². The minimum Gasteiger partial charge on any atom is -0.310 e. The van der Waals surface area contributed by atoms with E-state index < -0.39 is 0 Å². The number of benzene rings is 1. The number of nitrogens with one attached hydrogen (secondary N) is 1. The van der Waals surface area contributed by atoms with E-state index in [1.807, 2.05) is 0 Å². The molecule has 1 fully saturated rings. The van der Waals surface area contributed by atoms with Gasteiger partial charge in [0.05, 0.1) is 0 Å². The normalized spacial score (nSPS) is 17.2. The highest BCUT2D eigenvalue weighted by Gasteiger charge is 2.23. The molecular formula is C16H25N. The zero-order chi connectivity index (χ0) is 12.4. The van der Waals surface area contributed by atoms with Gasteiger partial charge in [-0.1, -0.05) is 30.5 Å². The first-order valence-electron chi connectivity index (χ1n) is 6.86. The Labute approximate surface area is 106 Å². The van der Waals surface area contributed by atoms with Crippen LogP contribution in [0.2, 0.25) is 0 Å². The minimum absolute atomic E-state index is 0.655. The Bertz CT molecular complexity index is 368. The fourth-order valence-electron chi connectivity index (χ4n) is 2.70. The van der Waals surface area contributed by atoms with Crippen LogP contribution in [0.25, 0.3) is 0 Å². The van der Waals surface area contributed by atoms with Crippen molar-refractivity contribution in [2.45, 2.75) is 59.5 Å². The van der Waals surface area contributed by atoms with Gasteiger partial charge < -0.3 is 5.32 Å². The summed E-state index contributed by atoms with van der Waals surface area (Å²) in [4.78, 5) is 0. The lowest BCUT2D eigenvalue weighted by molar-refractivity contribution is 0.486. The van der Waals surface area contributed by atoms with E-state index in [2.05, 4.69) is 45.1 Å². The molecule has 1 saturated carbocycles. The Morgan fingerprint density at radius 2 is 1.76 bits per heavy atom. The minimum atomic E-state index is 0.655. The Kier molecular flexibility index (Phi) is 3.88. The van der Waals surface area contributed by atoms with Gasteiger partial charge in [-0.3, -0.25) is 0 Å². The first-order chi connectivity index (χ1) is 8.06. The topological polar surface area (TPSA) is 12.0 Å². The first-order valence-corrected chi connectivity index (χ1v) is 6.86. The summed E-state index contributed by atoms with van der Waals surface area (Å²) < 4.78 is 0. The van der Waals surface area contributed by atoms with Crippen molar-refractivity contribution in [3.05, 3.63) is 34.4 Å². The van der Waals surface area contributed by atoms with Crippen molar-refractivity contribution in [2.75, 3.05) is 0 Å². The fraction of sp³-hybridized carbons (Fsp3) is 0.625. The van der Waals surface area contributed by atoms with E-state index in [0.29, 0.717) is 6.04 Å². The van der Waals surface area contributed by atoms with Crippen LogP contribution < -0.4 is 5.32 Å². The lowest BCUT2D eigenvalue weighted by atomic mass is 9.99. The molecule has 0 aromatic heterocycles. The second kappa shape index (κ2) is 5.22. The highest BCUT2D eigenvalue weighted by atomic mass is 14.9. The van der Waals surface area contributed by atoms with Crippen molar-refractivity contribution >= 4 is 0 Å². The van der Waals surface area contributed by atoms with Crippen LogP contribution in [0.3, 0.4) is 0 Å². The quantitative estimate of drug-likeness (QED) is 0.810. The predicted octanol–water partition coefficient (Wildman–Crippen LogP) is 3.89. The zero-order valence-corrected chi connectivity index (χ0v) is 11.6. The van der Waals surface area contributed by atoms with Gasteiger partial charge in [0.25, 0.3) is 0 Å². The highest BCUT2D eigenvalue weighted by Crippen LogP contribution is 2.33. The molecule has 1 aromatic rings. The molecule has 0 amide bonds. The van der Waals surface area contributed by atoms with E-state index in [1.165, 1.54) is 41.5 Å². The van der Waals surface area contributed by atoms with Gasteiger partial charge in [0.2, 0.25) is 0 Å². The highest BCUT2D eigenvalue weighted by molar-refractivity contribution is 5.37. The van der Waals surface area contributed by atoms with Crippen molar-refractivity contribution in [3.63, 3.8) is 0 Å². The summed E-state index contributed by atoms with van der Waals surface area (Å²) in [5.41, 5.74) is 5.70. The zero-order valence-electron chi connectivity index (χ0n) is 11.6. The number of hydrogen-bond donors (Lipinski definition) is 1. The molecule has 0 spiro atoms. The average Bonchev–Trinajstić information content (AvgIpc) is 2.99. The molecule has 1 aromatic carbocycles. The summed E-state index contributed by atoms with van der Waals surface area (Å²) in [6, 6.07) is 5.23. The smallest absolute Gasteiger partial charge is 0.0213 e. The van der Waals surface area contributed by atoms with Crippen molar-refractivity contribution in [1.82, 2.24) is 5.32 Å². The van der Waals surface area contributed by atoms with Gasteiger partial charge in [-0.05, 0) is 56.7 Å². The van der Waals surface area contributed by atoms with Gasteiger partial charge in [-0.25, -0.2) is 0 Å². The van der Waals surface area contributed by atoms with Crippen LogP contribution in [0.1, 0.15) is 48.4 Å². The lowest BCUT2D eigenvalue weighted by Gasteiger charge is -2.16. The van der Waals surface area contributed by atoms with Crippen LogP contribution in [-0.4, -0.2) is 6.04 Å². The van der Waals surface area contributed by atoms with Gasteiger partial charge in [0, 0.05) is 12.6 Å². The third kappa shape index (κ3) is 3.57. The van der Waals surface area contributed by atoms with E-state index in [4.69, 9.17) is 0 Å². The van der Waals surface area contributed by atoms with Crippen LogP contribution >= 0.6 is 0 Å². The van der Waals surface area contributed by atoms with Crippen molar-refractivity contribution < 1.29 is 0 Å². The third-order valence-electron chi connectivity index (χ3n) is 3.85. The van der Waals surface area contributed by atoms with Gasteiger partial charge >= 0.3 is 0 Å². The van der Waals surface area contributed by atoms with E-state index in [9.17, 15) is 0 Å². The molecule has 1 aliphatic rings. The fourth-order valence-corrected chi connectivity index (χ4v) is 2.70. The molecule has 1 heteroatoms. The Morgan fingerprint density at radius 3 is 2.29 bits per heavy atom. The molecule has 1 atom stereocenters. The van der Waals surface area contributed by atoms with E-state index in [0.717, 1.165) is 12.5 Å². The summed E-state index contributed by atoms with van der Waals surface area (Å²) >= 11 is 0. The molecule has 0 aliphatic heterocycles. The molecule has 0 saturated heterocycles. The van der Waals surface area contributed by atoms with Gasteiger partial charge in [-0.2, -0.15) is 0 Å². The van der Waals surface area contributed by atoms with Gasteiger partial charge in [0.15, 0.2) is 0 Å². The van der Waals surface area contributed by atoms with Crippen LogP contribution in [0.4, 0.5) is 0 Å². The molecule has 1 aliphatic carbocycles. The number of hydrogen-bond acceptors (Lipinski definition) is 1. The summed E-state index contributed by atoms with van der Waals surface area (Å²) in [5.74, 6) is 1.01. The maximum Gasteiger partial charge on any atom is 0.0213 e. The molecule has 1 unspecified atom stereocenters. The maximum atomic E-state index is 3.67. The average molecular weight is 231 g/mol. The molecule has 94 valence electrons. The largest absolute Gasteiger partial charge is 0.310 e. The van der Waals surface area contributed by atoms with Crippen molar-refractivity contribution in [2.24, 2.45) is 5.92 Å². The Morgan fingerprint density at radius 1 is 1.18 bits per heavy atom. The molecule has 0 heterocycles. The standard InChI is InChI=1S/C16H25N/c1-11-7-12(2)16(13(3)8-11)10-17-14(4)9-15-5-6-15/h7-8,14-15,17H,5-6,9-10H2,1-4H3. The Hall–Kier alpha value is -0.820. The third-order valence-corrected chi connectivity index (χ3v) is 3.85. The van der Waals surface area contributed by atoms with Crippen LogP contribution in [0.5, 0.6) is 0 Å².